The molecule has 1 aliphatic carbocycles. The molecule has 0 unspecified atom stereocenters. The molecule has 4 aromatic carbocycles. The van der Waals surface area contributed by atoms with Crippen LogP contribution in [0, 0.1) is 0 Å². The highest BCUT2D eigenvalue weighted by Crippen LogP contribution is 2.35. The maximum Gasteiger partial charge on any atom is 0.0471 e. The number of aromatic amines is 1. The lowest BCUT2D eigenvalue weighted by Crippen LogP contribution is -1.90. The van der Waals surface area contributed by atoms with E-state index < -0.39 is 0 Å². The molecule has 148 valence electrons. The molecule has 0 fully saturated rings. The Hall–Kier alpha value is -3.84. The topological polar surface area (TPSA) is 15.8 Å². The summed E-state index contributed by atoms with van der Waals surface area (Å²) in [5.74, 6) is 0. The molecule has 31 heavy (non-hydrogen) atoms. The molecule has 1 aromatic heterocycles. The average molecular weight is 398 g/mol. The van der Waals surface area contributed by atoms with Crippen molar-refractivity contribution in [2.75, 3.05) is 0 Å². The zero-order valence-corrected chi connectivity index (χ0v) is 17.3. The van der Waals surface area contributed by atoms with Crippen molar-refractivity contribution in [3.8, 4) is 22.3 Å². The molecule has 0 amide bonds. The molecule has 5 aromatic rings. The van der Waals surface area contributed by atoms with Crippen LogP contribution in [-0.4, -0.2) is 4.98 Å². The molecule has 1 nitrogen and oxygen atoms in total. The largest absolute Gasteiger partial charge is 0.354 e. The minimum Gasteiger partial charge on any atom is -0.354 e. The summed E-state index contributed by atoms with van der Waals surface area (Å²) < 4.78 is 0. The molecule has 0 saturated heterocycles. The Bertz CT molecular complexity index is 1460. The zero-order chi connectivity index (χ0) is 20.6. The molecule has 6 rings (SSSR count). The fourth-order valence-corrected chi connectivity index (χ4v) is 4.62. The standard InChI is InChI=1S/C30H23N/c1-3-9-21(10-4-1)24-17-25(22-11-5-2-6-12-22)19-26(18-24)23-15-16-28-27-13-7-8-14-29(27)31-30(28)20-23/h1,3-5,7-20,31H,2,6H2. The number of allylic oxidation sites excluding steroid dienone is 4. The fraction of sp³-hybridized carbons (Fsp3) is 0.0667. The van der Waals surface area contributed by atoms with Crippen LogP contribution in [0.15, 0.2) is 109 Å². The summed E-state index contributed by atoms with van der Waals surface area (Å²) in [4.78, 5) is 3.59. The van der Waals surface area contributed by atoms with Crippen LogP contribution >= 0.6 is 0 Å². The third-order valence-electron chi connectivity index (χ3n) is 6.21. The minimum absolute atomic E-state index is 1.11. The second-order valence-electron chi connectivity index (χ2n) is 8.24. The molecule has 1 heteroatoms. The Morgan fingerprint density at radius 2 is 1.26 bits per heavy atom. The third-order valence-corrected chi connectivity index (χ3v) is 6.21. The van der Waals surface area contributed by atoms with Crippen molar-refractivity contribution >= 4 is 27.4 Å². The van der Waals surface area contributed by atoms with Crippen LogP contribution in [0.2, 0.25) is 0 Å². The number of para-hydroxylation sites is 1. The van der Waals surface area contributed by atoms with E-state index in [2.05, 4.69) is 114 Å². The first-order valence-corrected chi connectivity index (χ1v) is 10.9. The predicted octanol–water partition coefficient (Wildman–Crippen LogP) is 8.39. The van der Waals surface area contributed by atoms with E-state index in [1.165, 1.54) is 55.2 Å². The lowest BCUT2D eigenvalue weighted by molar-refractivity contribution is 1.04. The summed E-state index contributed by atoms with van der Waals surface area (Å²) in [6, 6.07) is 32.9. The van der Waals surface area contributed by atoms with Crippen molar-refractivity contribution in [2.24, 2.45) is 0 Å². The van der Waals surface area contributed by atoms with E-state index in [-0.39, 0.29) is 0 Å². The van der Waals surface area contributed by atoms with Gasteiger partial charge in [0.25, 0.3) is 0 Å². The molecular formula is C30H23N. The quantitative estimate of drug-likeness (QED) is 0.315. The Balaban J connectivity index is 1.54. The van der Waals surface area contributed by atoms with Crippen molar-refractivity contribution in [2.45, 2.75) is 12.8 Å². The number of hydrogen-bond donors (Lipinski definition) is 1. The Morgan fingerprint density at radius 1 is 0.516 bits per heavy atom. The Labute approximate surface area is 182 Å². The second kappa shape index (κ2) is 7.45. The van der Waals surface area contributed by atoms with E-state index in [1.54, 1.807) is 0 Å². The van der Waals surface area contributed by atoms with Gasteiger partial charge in [0.15, 0.2) is 0 Å². The monoisotopic (exact) mass is 397 g/mol. The van der Waals surface area contributed by atoms with Crippen LogP contribution < -0.4 is 0 Å². The molecule has 0 radical (unpaired) electrons. The molecule has 1 N–H and O–H groups in total. The summed E-state index contributed by atoms with van der Waals surface area (Å²) in [7, 11) is 0. The lowest BCUT2D eigenvalue weighted by atomic mass is 9.91. The summed E-state index contributed by atoms with van der Waals surface area (Å²) in [6.07, 6.45) is 9.14. The molecule has 1 heterocycles. The third kappa shape index (κ3) is 3.29. The molecule has 0 spiro atoms. The number of hydrogen-bond acceptors (Lipinski definition) is 0. The van der Waals surface area contributed by atoms with Gasteiger partial charge in [-0.15, -0.1) is 0 Å². The van der Waals surface area contributed by atoms with Gasteiger partial charge in [0.05, 0.1) is 0 Å². The summed E-state index contributed by atoms with van der Waals surface area (Å²) in [6.45, 7) is 0. The number of rotatable bonds is 3. The van der Waals surface area contributed by atoms with Crippen LogP contribution in [-0.2, 0) is 0 Å². The van der Waals surface area contributed by atoms with Gasteiger partial charge in [0, 0.05) is 21.8 Å². The van der Waals surface area contributed by atoms with Crippen molar-refractivity contribution in [3.05, 3.63) is 115 Å². The SMILES string of the molecule is C1=CC(c2cc(-c3ccccc3)cc(-c3ccc4c(c3)[nH]c3ccccc34)c2)=CCC1. The van der Waals surface area contributed by atoms with Gasteiger partial charge in [-0.25, -0.2) is 0 Å². The molecule has 0 saturated carbocycles. The zero-order valence-electron chi connectivity index (χ0n) is 17.3. The van der Waals surface area contributed by atoms with Crippen LogP contribution in [0.5, 0.6) is 0 Å². The highest BCUT2D eigenvalue weighted by molar-refractivity contribution is 6.08. The van der Waals surface area contributed by atoms with E-state index in [9.17, 15) is 0 Å². The van der Waals surface area contributed by atoms with Gasteiger partial charge in [0.2, 0.25) is 0 Å². The average Bonchev–Trinajstić information content (AvgIpc) is 3.23. The van der Waals surface area contributed by atoms with Gasteiger partial charge in [-0.05, 0) is 76.6 Å². The second-order valence-corrected chi connectivity index (χ2v) is 8.24. The van der Waals surface area contributed by atoms with E-state index in [1.807, 2.05) is 0 Å². The molecule has 0 bridgehead atoms. The number of fused-ring (bicyclic) bond motifs is 3. The molecule has 0 atom stereocenters. The summed E-state index contributed by atoms with van der Waals surface area (Å²) in [5.41, 5.74) is 9.95. The summed E-state index contributed by atoms with van der Waals surface area (Å²) in [5, 5.41) is 2.55. The maximum atomic E-state index is 3.59. The van der Waals surface area contributed by atoms with E-state index in [0.717, 1.165) is 12.8 Å². The lowest BCUT2D eigenvalue weighted by Gasteiger charge is -2.13. The Kier molecular flexibility index (Phi) is 4.32. The van der Waals surface area contributed by atoms with Gasteiger partial charge >= 0.3 is 0 Å². The van der Waals surface area contributed by atoms with Crippen molar-refractivity contribution in [1.82, 2.24) is 4.98 Å². The number of H-pyrrole nitrogens is 1. The first-order chi connectivity index (χ1) is 15.3. The fourth-order valence-electron chi connectivity index (χ4n) is 4.62. The first-order valence-electron chi connectivity index (χ1n) is 10.9. The van der Waals surface area contributed by atoms with Gasteiger partial charge in [-0.1, -0.05) is 78.9 Å². The number of aromatic nitrogens is 1. The normalized spacial score (nSPS) is 13.6. The maximum absolute atomic E-state index is 3.59. The smallest absolute Gasteiger partial charge is 0.0471 e. The highest BCUT2D eigenvalue weighted by Gasteiger charge is 2.11. The minimum atomic E-state index is 1.11. The molecule has 0 aliphatic heterocycles. The van der Waals surface area contributed by atoms with Crippen molar-refractivity contribution < 1.29 is 0 Å². The highest BCUT2D eigenvalue weighted by atomic mass is 14.7. The van der Waals surface area contributed by atoms with Gasteiger partial charge < -0.3 is 4.98 Å². The summed E-state index contributed by atoms with van der Waals surface area (Å²) >= 11 is 0. The van der Waals surface area contributed by atoms with E-state index in [4.69, 9.17) is 0 Å². The van der Waals surface area contributed by atoms with E-state index in [0.29, 0.717) is 0 Å². The molecular weight excluding hydrogens is 374 g/mol. The van der Waals surface area contributed by atoms with Crippen molar-refractivity contribution in [1.29, 1.82) is 0 Å². The van der Waals surface area contributed by atoms with Crippen LogP contribution in [0.3, 0.4) is 0 Å². The van der Waals surface area contributed by atoms with Crippen LogP contribution in [0.1, 0.15) is 18.4 Å². The number of benzene rings is 4. The van der Waals surface area contributed by atoms with Crippen LogP contribution in [0.4, 0.5) is 0 Å². The number of nitrogens with one attached hydrogen (secondary N) is 1. The predicted molar refractivity (Wildman–Crippen MR) is 133 cm³/mol. The molecule has 1 aliphatic rings. The van der Waals surface area contributed by atoms with Gasteiger partial charge in [0.1, 0.15) is 0 Å². The van der Waals surface area contributed by atoms with Crippen molar-refractivity contribution in [3.63, 3.8) is 0 Å². The first kappa shape index (κ1) is 18.0. The van der Waals surface area contributed by atoms with Crippen LogP contribution in [0.25, 0.3) is 49.6 Å². The van der Waals surface area contributed by atoms with Gasteiger partial charge in [-0.3, -0.25) is 0 Å². The van der Waals surface area contributed by atoms with Gasteiger partial charge in [-0.2, -0.15) is 0 Å². The van der Waals surface area contributed by atoms with E-state index >= 15 is 0 Å². The Morgan fingerprint density at radius 3 is 2.10 bits per heavy atom.